The number of halogens is 1. The maximum Gasteiger partial charge on any atom is 0.337 e. The predicted octanol–water partition coefficient (Wildman–Crippen LogP) is 3.84. The van der Waals surface area contributed by atoms with Gasteiger partial charge in [0.1, 0.15) is 5.75 Å². The molecule has 2 rings (SSSR count). The maximum absolute atomic E-state index is 10.9. The lowest BCUT2D eigenvalue weighted by Gasteiger charge is -2.09. The summed E-state index contributed by atoms with van der Waals surface area (Å²) < 4.78 is 5.57. The molecule has 0 aliphatic rings. The molecule has 0 saturated heterocycles. The zero-order valence-corrected chi connectivity index (χ0v) is 11.2. The Hall–Kier alpha value is -2.07. The van der Waals surface area contributed by atoms with Crippen LogP contribution in [0.25, 0.3) is 0 Å². The summed E-state index contributed by atoms with van der Waals surface area (Å²) >= 11 is 6.02. The second kappa shape index (κ2) is 5.28. The molecule has 2 aromatic rings. The predicted molar refractivity (Wildman–Crippen MR) is 72.2 cm³/mol. The van der Waals surface area contributed by atoms with Crippen LogP contribution in [0.3, 0.4) is 0 Å². The van der Waals surface area contributed by atoms with E-state index in [4.69, 9.17) is 21.4 Å². The number of pyridine rings is 1. The number of rotatable bonds is 3. The van der Waals surface area contributed by atoms with Gasteiger partial charge in [0, 0.05) is 6.07 Å². The molecule has 0 fully saturated rings. The fourth-order valence-corrected chi connectivity index (χ4v) is 1.78. The van der Waals surface area contributed by atoms with Crippen molar-refractivity contribution in [3.63, 3.8) is 0 Å². The standard InChI is InChI=1S/C14H12ClNO3/c1-8-3-5-11(15)12(7-8)19-13-6-4-10(14(17)18)9(2)16-13/h3-7H,1-2H3,(H,17,18). The van der Waals surface area contributed by atoms with Crippen LogP contribution in [0.1, 0.15) is 21.6 Å². The molecule has 1 N–H and O–H groups in total. The highest BCUT2D eigenvalue weighted by Gasteiger charge is 2.10. The van der Waals surface area contributed by atoms with Gasteiger partial charge < -0.3 is 9.84 Å². The Balaban J connectivity index is 2.31. The van der Waals surface area contributed by atoms with Gasteiger partial charge in [0.25, 0.3) is 0 Å². The van der Waals surface area contributed by atoms with E-state index in [-0.39, 0.29) is 5.56 Å². The van der Waals surface area contributed by atoms with Crippen molar-refractivity contribution < 1.29 is 14.6 Å². The molecule has 1 aromatic heterocycles. The van der Waals surface area contributed by atoms with Crippen LogP contribution in [0.5, 0.6) is 11.6 Å². The lowest BCUT2D eigenvalue weighted by molar-refractivity contribution is 0.0695. The quantitative estimate of drug-likeness (QED) is 0.926. The molecule has 0 bridgehead atoms. The lowest BCUT2D eigenvalue weighted by atomic mass is 10.2. The first-order valence-corrected chi connectivity index (χ1v) is 6.00. The summed E-state index contributed by atoms with van der Waals surface area (Å²) in [4.78, 5) is 15.0. The highest BCUT2D eigenvalue weighted by molar-refractivity contribution is 6.32. The van der Waals surface area contributed by atoms with Gasteiger partial charge in [0.2, 0.25) is 5.88 Å². The monoisotopic (exact) mass is 277 g/mol. The summed E-state index contributed by atoms with van der Waals surface area (Å²) in [7, 11) is 0. The second-order valence-electron chi connectivity index (χ2n) is 4.12. The minimum absolute atomic E-state index is 0.155. The summed E-state index contributed by atoms with van der Waals surface area (Å²) in [5, 5.41) is 9.40. The Labute approximate surface area is 115 Å². The molecular formula is C14H12ClNO3. The van der Waals surface area contributed by atoms with Crippen LogP contribution in [-0.2, 0) is 0 Å². The Morgan fingerprint density at radius 3 is 2.63 bits per heavy atom. The van der Waals surface area contributed by atoms with Crippen molar-refractivity contribution in [1.82, 2.24) is 4.98 Å². The van der Waals surface area contributed by atoms with E-state index in [9.17, 15) is 4.79 Å². The van der Waals surface area contributed by atoms with E-state index in [2.05, 4.69) is 4.98 Å². The molecule has 0 aliphatic carbocycles. The number of aromatic carboxylic acids is 1. The normalized spacial score (nSPS) is 10.3. The van der Waals surface area contributed by atoms with Crippen molar-refractivity contribution in [3.8, 4) is 11.6 Å². The van der Waals surface area contributed by atoms with Crippen LogP contribution in [0.4, 0.5) is 0 Å². The van der Waals surface area contributed by atoms with E-state index in [0.717, 1.165) is 5.56 Å². The van der Waals surface area contributed by atoms with Crippen LogP contribution < -0.4 is 4.74 Å². The van der Waals surface area contributed by atoms with Crippen molar-refractivity contribution in [2.45, 2.75) is 13.8 Å². The third kappa shape index (κ3) is 3.03. The molecule has 0 saturated carbocycles. The van der Waals surface area contributed by atoms with Gasteiger partial charge in [-0.3, -0.25) is 0 Å². The molecule has 1 heterocycles. The highest BCUT2D eigenvalue weighted by atomic mass is 35.5. The molecule has 0 aliphatic heterocycles. The first-order chi connectivity index (χ1) is 8.97. The molecule has 0 unspecified atom stereocenters. The van der Waals surface area contributed by atoms with Gasteiger partial charge in [-0.15, -0.1) is 0 Å². The number of ether oxygens (including phenoxy) is 1. The molecule has 0 radical (unpaired) electrons. The Bertz CT molecular complexity index is 641. The van der Waals surface area contributed by atoms with Crippen LogP contribution >= 0.6 is 11.6 Å². The number of aromatic nitrogens is 1. The summed E-state index contributed by atoms with van der Waals surface area (Å²) in [6, 6.07) is 8.38. The van der Waals surface area contributed by atoms with E-state index in [1.54, 1.807) is 19.1 Å². The molecule has 0 atom stereocenters. The Morgan fingerprint density at radius 2 is 2.00 bits per heavy atom. The van der Waals surface area contributed by atoms with Crippen LogP contribution in [0.2, 0.25) is 5.02 Å². The summed E-state index contributed by atoms with van der Waals surface area (Å²) in [6.07, 6.45) is 0. The molecule has 0 spiro atoms. The largest absolute Gasteiger partial charge is 0.478 e. The molecule has 1 aromatic carbocycles. The number of aryl methyl sites for hydroxylation is 2. The lowest BCUT2D eigenvalue weighted by Crippen LogP contribution is -2.02. The summed E-state index contributed by atoms with van der Waals surface area (Å²) in [6.45, 7) is 3.55. The molecule has 5 heteroatoms. The maximum atomic E-state index is 10.9. The van der Waals surface area contributed by atoms with Gasteiger partial charge in [-0.25, -0.2) is 9.78 Å². The number of hydrogen-bond donors (Lipinski definition) is 1. The third-order valence-electron chi connectivity index (χ3n) is 2.59. The third-order valence-corrected chi connectivity index (χ3v) is 2.90. The number of benzene rings is 1. The molecular weight excluding hydrogens is 266 g/mol. The average molecular weight is 278 g/mol. The number of carbonyl (C=O) groups is 1. The van der Waals surface area contributed by atoms with Crippen molar-refractivity contribution in [2.75, 3.05) is 0 Å². The smallest absolute Gasteiger partial charge is 0.337 e. The van der Waals surface area contributed by atoms with Gasteiger partial charge >= 0.3 is 5.97 Å². The van der Waals surface area contributed by atoms with E-state index in [1.807, 2.05) is 13.0 Å². The van der Waals surface area contributed by atoms with Gasteiger partial charge in [-0.05, 0) is 37.6 Å². The topological polar surface area (TPSA) is 59.4 Å². The van der Waals surface area contributed by atoms with Crippen LogP contribution in [0, 0.1) is 13.8 Å². The van der Waals surface area contributed by atoms with Crippen molar-refractivity contribution in [2.24, 2.45) is 0 Å². The van der Waals surface area contributed by atoms with Crippen molar-refractivity contribution >= 4 is 17.6 Å². The summed E-state index contributed by atoms with van der Waals surface area (Å²) in [5.41, 5.74) is 1.56. The molecule has 19 heavy (non-hydrogen) atoms. The van der Waals surface area contributed by atoms with Gasteiger partial charge in [-0.2, -0.15) is 0 Å². The molecule has 98 valence electrons. The van der Waals surface area contributed by atoms with Crippen molar-refractivity contribution in [3.05, 3.63) is 52.2 Å². The van der Waals surface area contributed by atoms with E-state index in [1.165, 1.54) is 12.1 Å². The number of nitrogens with zero attached hydrogens (tertiary/aromatic N) is 1. The Kier molecular flexibility index (Phi) is 3.71. The van der Waals surface area contributed by atoms with E-state index in [0.29, 0.717) is 22.3 Å². The van der Waals surface area contributed by atoms with Crippen molar-refractivity contribution in [1.29, 1.82) is 0 Å². The molecule has 4 nitrogen and oxygen atoms in total. The van der Waals surface area contributed by atoms with Gasteiger partial charge in [0.15, 0.2) is 0 Å². The molecule has 0 amide bonds. The van der Waals surface area contributed by atoms with Gasteiger partial charge in [0.05, 0.1) is 16.3 Å². The van der Waals surface area contributed by atoms with Gasteiger partial charge in [-0.1, -0.05) is 17.7 Å². The fraction of sp³-hybridized carbons (Fsp3) is 0.143. The summed E-state index contributed by atoms with van der Waals surface area (Å²) in [5.74, 6) is -0.197. The zero-order chi connectivity index (χ0) is 14.0. The second-order valence-corrected chi connectivity index (χ2v) is 4.53. The zero-order valence-electron chi connectivity index (χ0n) is 10.5. The fourth-order valence-electron chi connectivity index (χ4n) is 1.62. The van der Waals surface area contributed by atoms with E-state index < -0.39 is 5.97 Å². The first-order valence-electron chi connectivity index (χ1n) is 5.62. The highest BCUT2D eigenvalue weighted by Crippen LogP contribution is 2.29. The SMILES string of the molecule is Cc1ccc(Cl)c(Oc2ccc(C(=O)O)c(C)n2)c1. The number of carboxylic acids is 1. The van der Waals surface area contributed by atoms with Crippen LogP contribution in [0.15, 0.2) is 30.3 Å². The van der Waals surface area contributed by atoms with E-state index >= 15 is 0 Å². The average Bonchev–Trinajstić information content (AvgIpc) is 2.33. The number of carboxylic acid groups (broad SMARTS) is 1. The first kappa shape index (κ1) is 13.4. The van der Waals surface area contributed by atoms with Crippen LogP contribution in [-0.4, -0.2) is 16.1 Å². The Morgan fingerprint density at radius 1 is 1.26 bits per heavy atom. The number of hydrogen-bond acceptors (Lipinski definition) is 3. The minimum atomic E-state index is -1.01. The minimum Gasteiger partial charge on any atom is -0.478 e.